The first kappa shape index (κ1) is 13.0. The highest BCUT2D eigenvalue weighted by atomic mass is 15.6. The van der Waals surface area contributed by atoms with E-state index in [0.717, 1.165) is 25.5 Å². The Morgan fingerprint density at radius 3 is 2.95 bits per heavy atom. The third kappa shape index (κ3) is 2.57. The molecule has 0 bridgehead atoms. The van der Waals surface area contributed by atoms with Gasteiger partial charge in [0.25, 0.3) is 0 Å². The van der Waals surface area contributed by atoms with Crippen molar-refractivity contribution in [3.05, 3.63) is 42.5 Å². The average Bonchev–Trinajstić information content (AvgIpc) is 3.22. The molecule has 1 atom stereocenters. The van der Waals surface area contributed by atoms with Crippen molar-refractivity contribution in [3.63, 3.8) is 0 Å². The van der Waals surface area contributed by atoms with Gasteiger partial charge in [0.1, 0.15) is 5.82 Å². The maximum Gasteiger partial charge on any atom is 0.200 e. The van der Waals surface area contributed by atoms with E-state index in [0.29, 0.717) is 11.6 Å². The Labute approximate surface area is 127 Å². The lowest BCUT2D eigenvalue weighted by atomic mass is 10.1. The van der Waals surface area contributed by atoms with Crippen LogP contribution in [0.4, 0.5) is 11.5 Å². The fourth-order valence-electron chi connectivity index (χ4n) is 2.87. The van der Waals surface area contributed by atoms with E-state index >= 15 is 0 Å². The van der Waals surface area contributed by atoms with Gasteiger partial charge in [0.2, 0.25) is 0 Å². The number of aromatic nitrogens is 5. The van der Waals surface area contributed by atoms with Crippen LogP contribution in [0.3, 0.4) is 0 Å². The predicted molar refractivity (Wildman–Crippen MR) is 83.8 cm³/mol. The summed E-state index contributed by atoms with van der Waals surface area (Å²) in [6, 6.07) is 14.3. The Kier molecular flexibility index (Phi) is 3.30. The number of nitrogens with zero attached hydrogens (tertiary/aromatic N) is 6. The zero-order valence-corrected chi connectivity index (χ0v) is 12.1. The summed E-state index contributed by atoms with van der Waals surface area (Å²) < 4.78 is 1.44. The van der Waals surface area contributed by atoms with Crippen LogP contribution in [0.5, 0.6) is 0 Å². The zero-order chi connectivity index (χ0) is 14.8. The van der Waals surface area contributed by atoms with Gasteiger partial charge in [0.05, 0.1) is 0 Å². The van der Waals surface area contributed by atoms with E-state index in [1.165, 1.54) is 16.7 Å². The Bertz CT molecular complexity index is 755. The number of anilines is 2. The summed E-state index contributed by atoms with van der Waals surface area (Å²) in [5, 5.41) is 19.0. The molecule has 22 heavy (non-hydrogen) atoms. The summed E-state index contributed by atoms with van der Waals surface area (Å²) in [5.41, 5.74) is 1.96. The van der Waals surface area contributed by atoms with Crippen LogP contribution in [0.15, 0.2) is 42.5 Å². The first-order valence-corrected chi connectivity index (χ1v) is 7.48. The van der Waals surface area contributed by atoms with Crippen LogP contribution in [-0.2, 0) is 0 Å². The van der Waals surface area contributed by atoms with Gasteiger partial charge in [-0.2, -0.15) is 0 Å². The quantitative estimate of drug-likeness (QED) is 0.785. The Hall–Kier alpha value is -2.70. The third-order valence-corrected chi connectivity index (χ3v) is 4.05. The van der Waals surface area contributed by atoms with Gasteiger partial charge in [-0.05, 0) is 47.0 Å². The molecule has 0 unspecified atom stereocenters. The molecule has 1 aromatic carbocycles. The molecule has 0 amide bonds. The fraction of sp³-hybridized carbons (Fsp3) is 0.333. The van der Waals surface area contributed by atoms with Crippen LogP contribution in [0.2, 0.25) is 0 Å². The highest BCUT2D eigenvalue weighted by Gasteiger charge is 2.22. The second kappa shape index (κ2) is 5.59. The van der Waals surface area contributed by atoms with Crippen molar-refractivity contribution >= 4 is 17.2 Å². The van der Waals surface area contributed by atoms with Gasteiger partial charge in [0, 0.05) is 25.3 Å². The molecule has 4 rings (SSSR count). The molecule has 3 heterocycles. The number of tetrazole rings is 1. The second-order valence-electron chi connectivity index (χ2n) is 5.56. The smallest absolute Gasteiger partial charge is 0.200 e. The van der Waals surface area contributed by atoms with Gasteiger partial charge >= 0.3 is 0 Å². The molecular weight excluding hydrogens is 278 g/mol. The van der Waals surface area contributed by atoms with Crippen molar-refractivity contribution in [2.24, 2.45) is 5.92 Å². The van der Waals surface area contributed by atoms with Crippen molar-refractivity contribution < 1.29 is 0 Å². The van der Waals surface area contributed by atoms with Crippen molar-refractivity contribution in [1.82, 2.24) is 25.3 Å². The van der Waals surface area contributed by atoms with Crippen LogP contribution in [-0.4, -0.2) is 44.9 Å². The molecule has 1 fully saturated rings. The minimum Gasteiger partial charge on any atom is -0.371 e. The zero-order valence-electron chi connectivity index (χ0n) is 12.1. The van der Waals surface area contributed by atoms with Gasteiger partial charge in [-0.15, -0.1) is 14.8 Å². The van der Waals surface area contributed by atoms with Gasteiger partial charge in [0.15, 0.2) is 5.65 Å². The van der Waals surface area contributed by atoms with Crippen LogP contribution in [0.25, 0.3) is 5.65 Å². The maximum absolute atomic E-state index is 4.33. The van der Waals surface area contributed by atoms with Crippen molar-refractivity contribution in [3.8, 4) is 0 Å². The number of rotatable bonds is 4. The summed E-state index contributed by atoms with van der Waals surface area (Å²) >= 11 is 0. The number of fused-ring (bicyclic) bond motifs is 1. The molecule has 1 saturated heterocycles. The molecule has 0 radical (unpaired) electrons. The summed E-state index contributed by atoms with van der Waals surface area (Å²) in [5.74, 6) is 1.42. The second-order valence-corrected chi connectivity index (χ2v) is 5.56. The average molecular weight is 295 g/mol. The maximum atomic E-state index is 4.33. The first-order chi connectivity index (χ1) is 10.9. The van der Waals surface area contributed by atoms with E-state index in [1.807, 2.05) is 12.1 Å². The summed E-state index contributed by atoms with van der Waals surface area (Å²) in [6.45, 7) is 3.09. The number of benzene rings is 1. The van der Waals surface area contributed by atoms with Crippen molar-refractivity contribution in [2.45, 2.75) is 6.42 Å². The van der Waals surface area contributed by atoms with Crippen LogP contribution in [0, 0.1) is 5.92 Å². The molecule has 2 aromatic heterocycles. The fourth-order valence-corrected chi connectivity index (χ4v) is 2.87. The summed E-state index contributed by atoms with van der Waals surface area (Å²) in [4.78, 5) is 2.43. The minimum atomic E-state index is 0.617. The number of hydrogen-bond acceptors (Lipinski definition) is 6. The van der Waals surface area contributed by atoms with Crippen LogP contribution in [0.1, 0.15) is 6.42 Å². The molecule has 1 aliphatic heterocycles. The number of para-hydroxylation sites is 1. The van der Waals surface area contributed by atoms with Gasteiger partial charge in [-0.25, -0.2) is 0 Å². The Morgan fingerprint density at radius 1 is 1.14 bits per heavy atom. The van der Waals surface area contributed by atoms with E-state index in [9.17, 15) is 0 Å². The predicted octanol–water partition coefficient (Wildman–Crippen LogP) is 1.46. The van der Waals surface area contributed by atoms with E-state index in [2.05, 4.69) is 61.2 Å². The van der Waals surface area contributed by atoms with Crippen molar-refractivity contribution in [1.29, 1.82) is 0 Å². The van der Waals surface area contributed by atoms with Crippen LogP contribution >= 0.6 is 0 Å². The summed E-state index contributed by atoms with van der Waals surface area (Å²) in [7, 11) is 0. The minimum absolute atomic E-state index is 0.617. The van der Waals surface area contributed by atoms with Crippen molar-refractivity contribution in [2.75, 3.05) is 29.9 Å². The van der Waals surface area contributed by atoms with Crippen LogP contribution < -0.4 is 10.2 Å². The lowest BCUT2D eigenvalue weighted by Gasteiger charge is -2.18. The first-order valence-electron chi connectivity index (χ1n) is 7.48. The molecule has 1 N–H and O–H groups in total. The molecule has 1 aliphatic rings. The van der Waals surface area contributed by atoms with Gasteiger partial charge < -0.3 is 10.2 Å². The highest BCUT2D eigenvalue weighted by molar-refractivity contribution is 5.47. The molecule has 3 aromatic rings. The Balaban J connectivity index is 1.36. The number of nitrogens with one attached hydrogen (secondary N) is 1. The Morgan fingerprint density at radius 2 is 2.05 bits per heavy atom. The van der Waals surface area contributed by atoms with Gasteiger partial charge in [-0.3, -0.25) is 0 Å². The molecule has 0 spiro atoms. The SMILES string of the molecule is c1ccc(N2CC[C@@H](CNc3ccc4nnnn4n3)C2)cc1. The standard InChI is InChI=1S/C15H17N7/c1-2-4-13(5-3-1)21-9-8-12(11-21)10-16-14-6-7-15-17-19-20-22(15)18-14/h1-7,12H,8-11H2,(H,16,18)/t12-/m0/s1. The molecule has 7 nitrogen and oxygen atoms in total. The van der Waals surface area contributed by atoms with Gasteiger partial charge in [-0.1, -0.05) is 18.2 Å². The highest BCUT2D eigenvalue weighted by Crippen LogP contribution is 2.23. The van der Waals surface area contributed by atoms with E-state index < -0.39 is 0 Å². The summed E-state index contributed by atoms with van der Waals surface area (Å²) in [6.07, 6.45) is 1.19. The third-order valence-electron chi connectivity index (χ3n) is 4.05. The lowest BCUT2D eigenvalue weighted by molar-refractivity contribution is 0.618. The molecule has 7 heteroatoms. The van der Waals surface area contributed by atoms with E-state index in [4.69, 9.17) is 0 Å². The largest absolute Gasteiger partial charge is 0.371 e. The molecule has 0 saturated carbocycles. The van der Waals surface area contributed by atoms with E-state index in [1.54, 1.807) is 0 Å². The number of hydrogen-bond donors (Lipinski definition) is 1. The normalized spacial score (nSPS) is 18.0. The lowest BCUT2D eigenvalue weighted by Crippen LogP contribution is -2.22. The topological polar surface area (TPSA) is 71.2 Å². The molecular formula is C15H17N7. The molecule has 0 aliphatic carbocycles. The monoisotopic (exact) mass is 295 g/mol. The molecule has 112 valence electrons. The van der Waals surface area contributed by atoms with E-state index in [-0.39, 0.29) is 0 Å².